The maximum absolute atomic E-state index is 13.7. The molecule has 0 radical (unpaired) electrons. The summed E-state index contributed by atoms with van der Waals surface area (Å²) in [6, 6.07) is 11.3. The minimum absolute atomic E-state index is 0.0763. The van der Waals surface area contributed by atoms with Gasteiger partial charge < -0.3 is 10.0 Å². The minimum atomic E-state index is -1.33. The normalized spacial score (nSPS) is 13.4. The number of halogens is 1. The van der Waals surface area contributed by atoms with Crippen LogP contribution in [0.3, 0.4) is 0 Å². The van der Waals surface area contributed by atoms with Gasteiger partial charge in [0.15, 0.2) is 0 Å². The van der Waals surface area contributed by atoms with E-state index in [4.69, 9.17) is 5.11 Å². The highest BCUT2D eigenvalue weighted by atomic mass is 19.1. The van der Waals surface area contributed by atoms with Crippen LogP contribution in [0.25, 0.3) is 0 Å². The predicted octanol–water partition coefficient (Wildman–Crippen LogP) is 2.68. The Morgan fingerprint density at radius 3 is 2.67 bits per heavy atom. The van der Waals surface area contributed by atoms with Crippen molar-refractivity contribution in [3.63, 3.8) is 0 Å². The molecule has 0 unspecified atom stereocenters. The van der Waals surface area contributed by atoms with E-state index in [9.17, 15) is 14.0 Å². The number of rotatable bonds is 3. The highest BCUT2D eigenvalue weighted by Gasteiger charge is 2.28. The van der Waals surface area contributed by atoms with Gasteiger partial charge in [-0.1, -0.05) is 30.3 Å². The van der Waals surface area contributed by atoms with Gasteiger partial charge in [-0.25, -0.2) is 9.18 Å². The molecule has 0 fully saturated rings. The van der Waals surface area contributed by atoms with E-state index in [0.29, 0.717) is 17.7 Å². The topological polar surface area (TPSA) is 57.6 Å². The molecule has 21 heavy (non-hydrogen) atoms. The molecular weight excluding hydrogens is 273 g/mol. The maximum atomic E-state index is 13.7. The number of carboxylic acids is 1. The molecule has 0 atom stereocenters. The van der Waals surface area contributed by atoms with Crippen LogP contribution >= 0.6 is 0 Å². The van der Waals surface area contributed by atoms with Gasteiger partial charge in [-0.15, -0.1) is 0 Å². The summed E-state index contributed by atoms with van der Waals surface area (Å²) in [5.41, 5.74) is 1.44. The number of hydrogen-bond acceptors (Lipinski definition) is 2. The number of hydrogen-bond donors (Lipinski definition) is 1. The van der Waals surface area contributed by atoms with E-state index in [1.54, 1.807) is 12.1 Å². The number of benzene rings is 2. The van der Waals surface area contributed by atoms with Crippen LogP contribution in [-0.2, 0) is 13.1 Å². The largest absolute Gasteiger partial charge is 0.478 e. The van der Waals surface area contributed by atoms with Gasteiger partial charge in [-0.3, -0.25) is 4.79 Å². The van der Waals surface area contributed by atoms with Crippen molar-refractivity contribution >= 4 is 11.9 Å². The number of fused-ring (bicyclic) bond motifs is 1. The van der Waals surface area contributed by atoms with Crippen LogP contribution in [0, 0.1) is 5.82 Å². The van der Waals surface area contributed by atoms with Gasteiger partial charge in [0.05, 0.1) is 0 Å². The molecule has 1 amide bonds. The molecule has 0 aromatic heterocycles. The lowest BCUT2D eigenvalue weighted by Crippen LogP contribution is -2.24. The van der Waals surface area contributed by atoms with Gasteiger partial charge in [0.2, 0.25) is 0 Å². The smallest absolute Gasteiger partial charge is 0.339 e. The Morgan fingerprint density at radius 1 is 1.19 bits per heavy atom. The lowest BCUT2D eigenvalue weighted by Gasteiger charge is -2.17. The van der Waals surface area contributed by atoms with E-state index < -0.39 is 11.8 Å². The lowest BCUT2D eigenvalue weighted by atomic mass is 10.1. The van der Waals surface area contributed by atoms with Crippen LogP contribution in [0.5, 0.6) is 0 Å². The number of carboxylic acid groups (broad SMARTS) is 1. The zero-order valence-electron chi connectivity index (χ0n) is 11.0. The van der Waals surface area contributed by atoms with Crippen molar-refractivity contribution in [3.8, 4) is 0 Å². The summed E-state index contributed by atoms with van der Waals surface area (Å²) in [7, 11) is 0. The molecular formula is C16H12FNO3. The summed E-state index contributed by atoms with van der Waals surface area (Å²) in [6.07, 6.45) is 0. The van der Waals surface area contributed by atoms with Gasteiger partial charge in [0.1, 0.15) is 11.4 Å². The number of carbonyl (C=O) groups excluding carboxylic acids is 1. The van der Waals surface area contributed by atoms with E-state index in [0.717, 1.165) is 11.6 Å². The first-order valence-corrected chi connectivity index (χ1v) is 6.46. The molecule has 0 saturated heterocycles. The van der Waals surface area contributed by atoms with Crippen molar-refractivity contribution in [1.82, 2.24) is 4.90 Å². The van der Waals surface area contributed by atoms with Gasteiger partial charge in [-0.05, 0) is 23.3 Å². The van der Waals surface area contributed by atoms with Gasteiger partial charge in [0, 0.05) is 18.7 Å². The Kier molecular flexibility index (Phi) is 3.17. The summed E-state index contributed by atoms with van der Waals surface area (Å²) >= 11 is 0. The van der Waals surface area contributed by atoms with Crippen molar-refractivity contribution in [2.75, 3.05) is 0 Å². The zero-order chi connectivity index (χ0) is 15.0. The van der Waals surface area contributed by atoms with Crippen LogP contribution in [0.4, 0.5) is 4.39 Å². The summed E-state index contributed by atoms with van der Waals surface area (Å²) in [6.45, 7) is 0.484. The molecule has 1 aliphatic rings. The van der Waals surface area contributed by atoms with E-state index in [-0.39, 0.29) is 18.0 Å². The van der Waals surface area contributed by atoms with Crippen molar-refractivity contribution in [1.29, 1.82) is 0 Å². The predicted molar refractivity (Wildman–Crippen MR) is 73.4 cm³/mol. The Morgan fingerprint density at radius 2 is 1.95 bits per heavy atom. The molecule has 106 valence electrons. The average molecular weight is 285 g/mol. The van der Waals surface area contributed by atoms with Crippen molar-refractivity contribution in [2.45, 2.75) is 13.1 Å². The Balaban J connectivity index is 1.92. The van der Waals surface area contributed by atoms with Gasteiger partial charge in [0.25, 0.3) is 5.91 Å². The third-order valence-corrected chi connectivity index (χ3v) is 3.57. The zero-order valence-corrected chi connectivity index (χ0v) is 11.0. The monoisotopic (exact) mass is 285 g/mol. The maximum Gasteiger partial charge on any atom is 0.339 e. The molecule has 0 spiro atoms. The minimum Gasteiger partial charge on any atom is -0.478 e. The van der Waals surface area contributed by atoms with Crippen molar-refractivity contribution < 1.29 is 19.1 Å². The number of aromatic carboxylic acids is 1. The summed E-state index contributed by atoms with van der Waals surface area (Å²) in [5, 5.41) is 9.12. The van der Waals surface area contributed by atoms with Crippen LogP contribution in [-0.4, -0.2) is 21.9 Å². The first-order chi connectivity index (χ1) is 10.1. The summed E-state index contributed by atoms with van der Waals surface area (Å²) < 4.78 is 13.7. The fraction of sp³-hybridized carbons (Fsp3) is 0.125. The van der Waals surface area contributed by atoms with Crippen molar-refractivity contribution in [2.24, 2.45) is 0 Å². The fourth-order valence-corrected chi connectivity index (χ4v) is 2.59. The number of carbonyl (C=O) groups is 2. The number of amides is 1. The molecule has 1 heterocycles. The highest BCUT2D eigenvalue weighted by Crippen LogP contribution is 2.25. The van der Waals surface area contributed by atoms with Crippen LogP contribution in [0.2, 0.25) is 0 Å². The second-order valence-electron chi connectivity index (χ2n) is 4.90. The van der Waals surface area contributed by atoms with E-state index in [1.165, 1.54) is 17.0 Å². The second-order valence-corrected chi connectivity index (χ2v) is 4.90. The summed E-state index contributed by atoms with van der Waals surface area (Å²) in [4.78, 5) is 24.9. The van der Waals surface area contributed by atoms with Crippen LogP contribution in [0.1, 0.15) is 31.8 Å². The molecule has 0 bridgehead atoms. The first kappa shape index (κ1) is 13.3. The molecule has 3 rings (SSSR count). The Bertz CT molecular complexity index is 742. The van der Waals surface area contributed by atoms with Gasteiger partial charge in [-0.2, -0.15) is 0 Å². The Hall–Kier alpha value is -2.69. The molecule has 2 aromatic carbocycles. The molecule has 5 heteroatoms. The molecule has 0 saturated carbocycles. The summed E-state index contributed by atoms with van der Waals surface area (Å²) in [5.74, 6) is -2.28. The molecule has 4 nitrogen and oxygen atoms in total. The standard InChI is InChI=1S/C16H12FNO3/c17-13-7-3-5-11(14(13)16(20)21)9-18-8-10-4-1-2-6-12(10)15(18)19/h1-7H,8-9H2,(H,20,21). The third-order valence-electron chi connectivity index (χ3n) is 3.57. The Labute approximate surface area is 120 Å². The van der Waals surface area contributed by atoms with Gasteiger partial charge >= 0.3 is 5.97 Å². The van der Waals surface area contributed by atoms with E-state index in [2.05, 4.69) is 0 Å². The molecule has 2 aromatic rings. The van der Waals surface area contributed by atoms with Crippen molar-refractivity contribution in [3.05, 3.63) is 70.5 Å². The highest BCUT2D eigenvalue weighted by molar-refractivity contribution is 5.98. The number of nitrogens with zero attached hydrogens (tertiary/aromatic N) is 1. The van der Waals surface area contributed by atoms with E-state index >= 15 is 0 Å². The van der Waals surface area contributed by atoms with Crippen LogP contribution < -0.4 is 0 Å². The quantitative estimate of drug-likeness (QED) is 0.943. The third kappa shape index (κ3) is 2.27. The first-order valence-electron chi connectivity index (χ1n) is 6.46. The second kappa shape index (κ2) is 5.01. The van der Waals surface area contributed by atoms with E-state index in [1.807, 2.05) is 12.1 Å². The fourth-order valence-electron chi connectivity index (χ4n) is 2.59. The lowest BCUT2D eigenvalue weighted by molar-refractivity contribution is 0.0680. The SMILES string of the molecule is O=C(O)c1c(F)cccc1CN1Cc2ccccc2C1=O. The van der Waals surface area contributed by atoms with Crippen LogP contribution in [0.15, 0.2) is 42.5 Å². The molecule has 1 aliphatic heterocycles. The molecule has 1 N–H and O–H groups in total. The average Bonchev–Trinajstić information content (AvgIpc) is 2.76. The molecule has 0 aliphatic carbocycles.